The van der Waals surface area contributed by atoms with Crippen LogP contribution in [0.4, 0.5) is 0 Å². The molecule has 0 amide bonds. The van der Waals surface area contributed by atoms with E-state index in [1.807, 2.05) is 18.2 Å². The topological polar surface area (TPSA) is 46.2 Å². The average molecular weight is 241 g/mol. The summed E-state index contributed by atoms with van der Waals surface area (Å²) >= 11 is 0. The number of aryl methyl sites for hydroxylation is 1. The van der Waals surface area contributed by atoms with Crippen LogP contribution in [0.5, 0.6) is 5.75 Å². The first-order chi connectivity index (χ1) is 8.75. The van der Waals surface area contributed by atoms with Crippen molar-refractivity contribution in [2.24, 2.45) is 5.73 Å². The molecule has 0 heterocycles. The van der Waals surface area contributed by atoms with Gasteiger partial charge in [0.2, 0.25) is 0 Å². The van der Waals surface area contributed by atoms with Gasteiger partial charge in [-0.2, -0.15) is 0 Å². The first-order valence-corrected chi connectivity index (χ1v) is 6.34. The summed E-state index contributed by atoms with van der Waals surface area (Å²) in [5.74, 6) is 0.287. The number of hydrogen-bond acceptors (Lipinski definition) is 2. The van der Waals surface area contributed by atoms with Crippen molar-refractivity contribution in [3.63, 3.8) is 0 Å². The Balaban J connectivity index is 1.81. The van der Waals surface area contributed by atoms with Crippen LogP contribution in [0.3, 0.4) is 0 Å². The molecular formula is C16H19NO. The van der Waals surface area contributed by atoms with Gasteiger partial charge in [-0.25, -0.2) is 0 Å². The van der Waals surface area contributed by atoms with Gasteiger partial charge in [-0.15, -0.1) is 0 Å². The molecule has 0 aliphatic rings. The fourth-order valence-corrected chi connectivity index (χ4v) is 2.06. The maximum Gasteiger partial charge on any atom is 0.115 e. The highest BCUT2D eigenvalue weighted by molar-refractivity contribution is 5.27. The minimum Gasteiger partial charge on any atom is -0.508 e. The van der Waals surface area contributed by atoms with Crippen LogP contribution in [0.1, 0.15) is 30.0 Å². The molecule has 2 aromatic carbocycles. The smallest absolute Gasteiger partial charge is 0.115 e. The van der Waals surface area contributed by atoms with Gasteiger partial charge in [0.05, 0.1) is 0 Å². The number of aromatic hydroxyl groups is 1. The molecule has 0 saturated heterocycles. The van der Waals surface area contributed by atoms with Gasteiger partial charge in [-0.05, 0) is 42.5 Å². The summed E-state index contributed by atoms with van der Waals surface area (Å²) in [5.41, 5.74) is 8.57. The molecule has 94 valence electrons. The second-order valence-corrected chi connectivity index (χ2v) is 4.58. The van der Waals surface area contributed by atoms with E-state index >= 15 is 0 Å². The lowest BCUT2D eigenvalue weighted by molar-refractivity contribution is 0.474. The molecule has 2 heteroatoms. The minimum absolute atomic E-state index is 0.0503. The molecule has 3 N–H and O–H groups in total. The summed E-state index contributed by atoms with van der Waals surface area (Å²) in [7, 11) is 0. The molecule has 18 heavy (non-hydrogen) atoms. The maximum atomic E-state index is 9.22. The van der Waals surface area contributed by atoms with Crippen LogP contribution in [0.15, 0.2) is 54.6 Å². The van der Waals surface area contributed by atoms with Crippen molar-refractivity contribution in [2.45, 2.75) is 25.3 Å². The van der Waals surface area contributed by atoms with Gasteiger partial charge in [-0.3, -0.25) is 0 Å². The van der Waals surface area contributed by atoms with Crippen LogP contribution in [0.25, 0.3) is 0 Å². The molecule has 1 unspecified atom stereocenters. The number of nitrogens with two attached hydrogens (primary N) is 1. The third-order valence-electron chi connectivity index (χ3n) is 3.14. The average Bonchev–Trinajstić information content (AvgIpc) is 2.40. The molecule has 0 radical (unpaired) electrons. The Labute approximate surface area is 108 Å². The van der Waals surface area contributed by atoms with E-state index in [0.29, 0.717) is 0 Å². The Kier molecular flexibility index (Phi) is 4.37. The summed E-state index contributed by atoms with van der Waals surface area (Å²) in [6.45, 7) is 0. The second kappa shape index (κ2) is 6.22. The van der Waals surface area contributed by atoms with Gasteiger partial charge >= 0.3 is 0 Å². The minimum atomic E-state index is 0.0503. The normalized spacial score (nSPS) is 12.3. The largest absolute Gasteiger partial charge is 0.508 e. The summed E-state index contributed by atoms with van der Waals surface area (Å²) in [4.78, 5) is 0. The van der Waals surface area contributed by atoms with Crippen LogP contribution >= 0.6 is 0 Å². The van der Waals surface area contributed by atoms with Crippen molar-refractivity contribution in [1.82, 2.24) is 0 Å². The highest BCUT2D eigenvalue weighted by atomic mass is 16.3. The zero-order valence-corrected chi connectivity index (χ0v) is 10.4. The Morgan fingerprint density at radius 3 is 2.28 bits per heavy atom. The van der Waals surface area contributed by atoms with Crippen LogP contribution < -0.4 is 5.73 Å². The molecular weight excluding hydrogens is 222 g/mol. The molecule has 0 aliphatic carbocycles. The lowest BCUT2D eigenvalue weighted by atomic mass is 10.00. The number of hydrogen-bond donors (Lipinski definition) is 2. The Morgan fingerprint density at radius 2 is 1.61 bits per heavy atom. The fraction of sp³-hybridized carbons (Fsp3) is 0.250. The molecule has 0 bridgehead atoms. The molecule has 2 nitrogen and oxygen atoms in total. The third-order valence-corrected chi connectivity index (χ3v) is 3.14. The first kappa shape index (κ1) is 12.7. The summed E-state index contributed by atoms with van der Waals surface area (Å²) in [5, 5.41) is 9.22. The highest BCUT2D eigenvalue weighted by Crippen LogP contribution is 2.19. The van der Waals surface area contributed by atoms with Gasteiger partial charge < -0.3 is 10.8 Å². The highest BCUT2D eigenvalue weighted by Gasteiger charge is 2.05. The third kappa shape index (κ3) is 3.60. The van der Waals surface area contributed by atoms with E-state index in [-0.39, 0.29) is 11.8 Å². The second-order valence-electron chi connectivity index (χ2n) is 4.58. The first-order valence-electron chi connectivity index (χ1n) is 6.34. The van der Waals surface area contributed by atoms with Crippen molar-refractivity contribution < 1.29 is 5.11 Å². The molecule has 0 aromatic heterocycles. The zero-order valence-electron chi connectivity index (χ0n) is 10.4. The summed E-state index contributed by atoms with van der Waals surface area (Å²) < 4.78 is 0. The van der Waals surface area contributed by atoms with Gasteiger partial charge in [-0.1, -0.05) is 42.5 Å². The van der Waals surface area contributed by atoms with E-state index in [1.54, 1.807) is 12.1 Å². The molecule has 2 rings (SSSR count). The van der Waals surface area contributed by atoms with Crippen LogP contribution in [-0.4, -0.2) is 5.11 Å². The molecule has 0 aliphatic heterocycles. The van der Waals surface area contributed by atoms with Crippen molar-refractivity contribution in [3.8, 4) is 5.75 Å². The van der Waals surface area contributed by atoms with E-state index in [0.717, 1.165) is 24.8 Å². The van der Waals surface area contributed by atoms with E-state index in [1.165, 1.54) is 5.56 Å². The SMILES string of the molecule is NC(CCCc1ccccc1)c1ccc(O)cc1. The lowest BCUT2D eigenvalue weighted by Gasteiger charge is -2.12. The Hall–Kier alpha value is -1.80. The number of phenolic OH excluding ortho intramolecular Hbond substituents is 1. The molecule has 1 atom stereocenters. The maximum absolute atomic E-state index is 9.22. The monoisotopic (exact) mass is 241 g/mol. The van der Waals surface area contributed by atoms with Gasteiger partial charge in [0.15, 0.2) is 0 Å². The number of rotatable bonds is 5. The van der Waals surface area contributed by atoms with Crippen LogP contribution in [0, 0.1) is 0 Å². The van der Waals surface area contributed by atoms with Crippen LogP contribution in [0.2, 0.25) is 0 Å². The van der Waals surface area contributed by atoms with E-state index < -0.39 is 0 Å². The quantitative estimate of drug-likeness (QED) is 0.842. The van der Waals surface area contributed by atoms with E-state index in [9.17, 15) is 5.11 Å². The molecule has 0 fully saturated rings. The fourth-order valence-electron chi connectivity index (χ4n) is 2.06. The molecule has 0 spiro atoms. The van der Waals surface area contributed by atoms with E-state index in [4.69, 9.17) is 5.73 Å². The lowest BCUT2D eigenvalue weighted by Crippen LogP contribution is -2.10. The standard InChI is InChI=1S/C16H19NO/c17-16(14-9-11-15(18)12-10-14)8-4-7-13-5-2-1-3-6-13/h1-3,5-6,9-12,16,18H,4,7-8,17H2. The van der Waals surface area contributed by atoms with Crippen molar-refractivity contribution in [1.29, 1.82) is 0 Å². The van der Waals surface area contributed by atoms with Gasteiger partial charge in [0.1, 0.15) is 5.75 Å². The van der Waals surface area contributed by atoms with Crippen LogP contribution in [-0.2, 0) is 6.42 Å². The van der Waals surface area contributed by atoms with E-state index in [2.05, 4.69) is 24.3 Å². The van der Waals surface area contributed by atoms with Crippen molar-refractivity contribution in [3.05, 3.63) is 65.7 Å². The Bertz CT molecular complexity index is 464. The Morgan fingerprint density at radius 1 is 0.944 bits per heavy atom. The summed E-state index contributed by atoms with van der Waals surface area (Å²) in [6, 6.07) is 17.7. The van der Waals surface area contributed by atoms with Gasteiger partial charge in [0, 0.05) is 6.04 Å². The number of benzene rings is 2. The van der Waals surface area contributed by atoms with Gasteiger partial charge in [0.25, 0.3) is 0 Å². The molecule has 0 saturated carbocycles. The van der Waals surface area contributed by atoms with Crippen molar-refractivity contribution in [2.75, 3.05) is 0 Å². The summed E-state index contributed by atoms with van der Waals surface area (Å²) in [6.07, 6.45) is 3.10. The molecule has 2 aromatic rings. The predicted molar refractivity (Wildman–Crippen MR) is 74.4 cm³/mol. The van der Waals surface area contributed by atoms with Crippen molar-refractivity contribution >= 4 is 0 Å². The number of phenols is 1. The zero-order chi connectivity index (χ0) is 12.8. The predicted octanol–water partition coefficient (Wildman–Crippen LogP) is 3.41.